The summed E-state index contributed by atoms with van der Waals surface area (Å²) >= 11 is 5.75. The number of phosphoric acid groups is 3. The molecule has 0 amide bonds. The van der Waals surface area contributed by atoms with Crippen LogP contribution in [0, 0.1) is 0 Å². The number of phosphoric ester groups is 1. The number of aliphatic hydroxyl groups is 2. The Labute approximate surface area is 295 Å². The fraction of sp³-hybridized carbons (Fsp3) is 0.500. The normalized spacial score (nSPS) is 24.9. The van der Waals surface area contributed by atoms with Gasteiger partial charge in [-0.05, 0) is 11.6 Å². The van der Waals surface area contributed by atoms with E-state index in [4.69, 9.17) is 36.8 Å². The van der Waals surface area contributed by atoms with Crippen LogP contribution >= 0.6 is 35.1 Å². The van der Waals surface area contributed by atoms with Crippen LogP contribution in [0.4, 0.5) is 5.82 Å². The average molecular weight is 634 g/mol. The van der Waals surface area contributed by atoms with Crippen molar-refractivity contribution >= 4 is 170 Å². The molecule has 0 aliphatic carbocycles. The molecule has 1 saturated heterocycles. The minimum Gasteiger partial charge on any atom is -0.387 e. The van der Waals surface area contributed by atoms with Gasteiger partial charge in [-0.25, -0.2) is 18.7 Å². The van der Waals surface area contributed by atoms with Gasteiger partial charge in [0.2, 0.25) is 5.28 Å². The zero-order valence-corrected chi connectivity index (χ0v) is 30.7. The van der Waals surface area contributed by atoms with E-state index in [2.05, 4.69) is 28.1 Å². The molecule has 3 heterocycles. The number of aromatic nitrogens is 4. The van der Waals surface area contributed by atoms with Crippen LogP contribution in [0.15, 0.2) is 6.33 Å². The Hall–Kier alpha value is 2.93. The van der Waals surface area contributed by atoms with Crippen molar-refractivity contribution in [3.05, 3.63) is 11.6 Å². The first-order chi connectivity index (χ1) is 14.6. The number of anilines is 1. The van der Waals surface area contributed by atoms with Gasteiger partial charge in [0.1, 0.15) is 23.8 Å². The van der Waals surface area contributed by atoms with Gasteiger partial charge >= 0.3 is 23.5 Å². The molecular formula is C10H15ClN5Na4O13P3. The van der Waals surface area contributed by atoms with Crippen LogP contribution in [0.25, 0.3) is 11.2 Å². The molecular weight excluding hydrogens is 618 g/mol. The molecule has 1 aliphatic heterocycles. The molecule has 1 fully saturated rings. The summed E-state index contributed by atoms with van der Waals surface area (Å²) in [5.74, 6) is -0.0732. The minimum absolute atomic E-state index is 0. The molecule has 184 valence electrons. The quantitative estimate of drug-likeness (QED) is 0.0898. The van der Waals surface area contributed by atoms with E-state index >= 15 is 0 Å². The molecule has 2 unspecified atom stereocenters. The molecule has 4 radical (unpaired) electrons. The van der Waals surface area contributed by atoms with E-state index in [0.29, 0.717) is 0 Å². The summed E-state index contributed by atoms with van der Waals surface area (Å²) in [5, 5.41) is 20.2. The Kier molecular flexibility index (Phi) is 18.2. The maximum Gasteiger partial charge on any atom is 0.490 e. The number of ether oxygens (including phenoxy) is 1. The van der Waals surface area contributed by atoms with Crippen LogP contribution in [0.2, 0.25) is 5.28 Å². The zero-order chi connectivity index (χ0) is 24.1. The van der Waals surface area contributed by atoms with Crippen molar-refractivity contribution in [2.75, 3.05) is 12.3 Å². The van der Waals surface area contributed by atoms with Crippen LogP contribution in [-0.2, 0) is 31.6 Å². The molecule has 2 aromatic rings. The molecule has 1 aliphatic rings. The van der Waals surface area contributed by atoms with Crippen molar-refractivity contribution in [1.29, 1.82) is 0 Å². The number of imidazole rings is 1. The summed E-state index contributed by atoms with van der Waals surface area (Å²) in [6.45, 7) is -0.983. The van der Waals surface area contributed by atoms with Gasteiger partial charge in [-0.15, -0.1) is 0 Å². The molecule has 26 heteroatoms. The van der Waals surface area contributed by atoms with Crippen molar-refractivity contribution in [2.24, 2.45) is 0 Å². The molecule has 6 atom stereocenters. The maximum atomic E-state index is 11.8. The second-order valence-corrected chi connectivity index (χ2v) is 10.9. The minimum atomic E-state index is -5.72. The van der Waals surface area contributed by atoms with E-state index < -0.39 is 54.6 Å². The maximum absolute atomic E-state index is 11.8. The first-order valence-corrected chi connectivity index (χ1v) is 12.9. The third kappa shape index (κ3) is 11.0. The van der Waals surface area contributed by atoms with E-state index in [1.807, 2.05) is 0 Å². The summed E-state index contributed by atoms with van der Waals surface area (Å²) in [7, 11) is -16.7. The molecule has 18 nitrogen and oxygen atoms in total. The summed E-state index contributed by atoms with van der Waals surface area (Å²) in [6.07, 6.45) is -5.05. The Morgan fingerprint density at radius 1 is 1.00 bits per heavy atom. The van der Waals surface area contributed by atoms with Crippen LogP contribution in [0.1, 0.15) is 6.23 Å². The predicted molar refractivity (Wildman–Crippen MR) is 124 cm³/mol. The number of rotatable bonds is 8. The van der Waals surface area contributed by atoms with Crippen molar-refractivity contribution in [3.63, 3.8) is 0 Å². The van der Waals surface area contributed by atoms with Crippen molar-refractivity contribution < 1.29 is 61.4 Å². The smallest absolute Gasteiger partial charge is 0.387 e. The van der Waals surface area contributed by atoms with E-state index in [9.17, 15) is 28.8 Å². The van der Waals surface area contributed by atoms with E-state index in [1.54, 1.807) is 0 Å². The van der Waals surface area contributed by atoms with Gasteiger partial charge in [0.25, 0.3) is 0 Å². The van der Waals surface area contributed by atoms with Gasteiger partial charge in [-0.1, -0.05) is 0 Å². The van der Waals surface area contributed by atoms with Crippen LogP contribution in [-0.4, -0.2) is 192 Å². The number of hydrogen-bond donors (Lipinski definition) is 7. The zero-order valence-electron chi connectivity index (χ0n) is 19.2. The number of hydrogen-bond acceptors (Lipinski definition) is 13. The number of halogens is 1. The third-order valence-corrected chi connectivity index (χ3v) is 7.82. The monoisotopic (exact) mass is 633 g/mol. The molecule has 2 aromatic heterocycles. The average Bonchev–Trinajstić information content (AvgIpc) is 3.12. The Balaban J connectivity index is 0. The number of nitrogens with zero attached hydrogens (tertiary/aromatic N) is 4. The molecule has 8 N–H and O–H groups in total. The number of aliphatic hydroxyl groups excluding tert-OH is 2. The number of fused-ring (bicyclic) bond motifs is 1. The predicted octanol–water partition coefficient (Wildman–Crippen LogP) is -2.50. The fourth-order valence-electron chi connectivity index (χ4n) is 2.66. The van der Waals surface area contributed by atoms with Gasteiger partial charge in [0.15, 0.2) is 17.7 Å². The van der Waals surface area contributed by atoms with Crippen molar-refractivity contribution in [2.45, 2.75) is 24.5 Å². The molecule has 0 spiro atoms. The third-order valence-electron chi connectivity index (χ3n) is 3.85. The van der Waals surface area contributed by atoms with Crippen molar-refractivity contribution in [3.8, 4) is 0 Å². The van der Waals surface area contributed by atoms with E-state index in [-0.39, 0.29) is 140 Å². The van der Waals surface area contributed by atoms with Gasteiger partial charge < -0.3 is 40.3 Å². The van der Waals surface area contributed by atoms with Crippen molar-refractivity contribution in [1.82, 2.24) is 19.5 Å². The first kappa shape index (κ1) is 41.1. The summed E-state index contributed by atoms with van der Waals surface area (Å²) in [5.41, 5.74) is 5.83. The van der Waals surface area contributed by atoms with Gasteiger partial charge in [-0.2, -0.15) is 18.6 Å². The van der Waals surface area contributed by atoms with Gasteiger partial charge in [0.05, 0.1) is 12.9 Å². The van der Waals surface area contributed by atoms with Crippen LogP contribution in [0.3, 0.4) is 0 Å². The second kappa shape index (κ2) is 16.0. The summed E-state index contributed by atoms with van der Waals surface area (Å²) in [6, 6.07) is 0. The van der Waals surface area contributed by atoms with Gasteiger partial charge in [0, 0.05) is 118 Å². The second-order valence-electron chi connectivity index (χ2n) is 6.13. The SMILES string of the molecule is Nc1nc(Cl)nc2c1ncn2[C@@H]1O[C@H](COP(=O)(O)OP(=O)(O)OP(=O)(O)O)[C@@H](O)[C@H]1O.[Na].[Na].[Na].[Na]. The largest absolute Gasteiger partial charge is 0.490 e. The molecule has 0 aromatic carbocycles. The topological polar surface area (TPSA) is 279 Å². The number of nitrogens with two attached hydrogens (primary N) is 1. The molecule has 3 rings (SSSR count). The Bertz CT molecular complexity index is 1170. The molecule has 0 bridgehead atoms. The fourth-order valence-corrected chi connectivity index (χ4v) is 5.87. The first-order valence-electron chi connectivity index (χ1n) is 8.04. The summed E-state index contributed by atoms with van der Waals surface area (Å²) < 4.78 is 51.9. The molecule has 36 heavy (non-hydrogen) atoms. The van der Waals surface area contributed by atoms with Crippen LogP contribution < -0.4 is 5.73 Å². The van der Waals surface area contributed by atoms with E-state index in [1.165, 1.54) is 0 Å². The number of nitrogen functional groups attached to an aromatic ring is 1. The van der Waals surface area contributed by atoms with Crippen LogP contribution in [0.5, 0.6) is 0 Å². The summed E-state index contributed by atoms with van der Waals surface area (Å²) in [4.78, 5) is 47.2. The Morgan fingerprint density at radius 2 is 1.58 bits per heavy atom. The van der Waals surface area contributed by atoms with Gasteiger partial charge in [-0.3, -0.25) is 9.09 Å². The Morgan fingerprint density at radius 3 is 2.14 bits per heavy atom. The van der Waals surface area contributed by atoms with E-state index in [0.717, 1.165) is 10.9 Å². The molecule has 0 saturated carbocycles. The standard InChI is InChI=1S/C10H15ClN5O13P3.4Na/c11-10-14-7(12)4-8(15-10)16(2-13-4)9-6(18)5(17)3(27-9)1-26-31(22,23)29-32(24,25)28-30(19,20)21;;;;/h2-3,5-6,9,17-18H,1H2,(H,22,23)(H,24,25)(H2,12,14,15)(H2,19,20,21);;;;/t3-,5-,6-,9-;;;;/m1..../s1.